The highest BCUT2D eigenvalue weighted by molar-refractivity contribution is 5.97. The van der Waals surface area contributed by atoms with E-state index in [0.29, 0.717) is 11.7 Å². The molecule has 8 nitrogen and oxygen atoms in total. The summed E-state index contributed by atoms with van der Waals surface area (Å²) in [6, 6.07) is 2.59. The molecular formula is C24H36FN5O3. The normalized spacial score (nSPS) is 15.8. The van der Waals surface area contributed by atoms with Crippen molar-refractivity contribution < 1.29 is 13.9 Å². The van der Waals surface area contributed by atoms with Gasteiger partial charge < -0.3 is 15.4 Å². The summed E-state index contributed by atoms with van der Waals surface area (Å²) < 4.78 is 23.8. The fourth-order valence-corrected chi connectivity index (χ4v) is 4.25. The van der Waals surface area contributed by atoms with E-state index in [9.17, 15) is 9.59 Å². The van der Waals surface area contributed by atoms with Gasteiger partial charge in [0.05, 0.1) is 11.7 Å². The first-order chi connectivity index (χ1) is 15.6. The minimum atomic E-state index is -0.704. The highest BCUT2D eigenvalue weighted by Gasteiger charge is 2.25. The first-order valence-corrected chi connectivity index (χ1v) is 11.8. The SMILES string of the molecule is CC(C)CC(C)Oc1cc(-n2nc(C(C)C)n(C)c2=O)c(F)cc1C(=O)NC1CCNCC1. The molecule has 1 atom stereocenters. The Morgan fingerprint density at radius 2 is 1.91 bits per heavy atom. The number of rotatable bonds is 8. The van der Waals surface area contributed by atoms with Gasteiger partial charge in [0, 0.05) is 25.1 Å². The molecule has 2 heterocycles. The summed E-state index contributed by atoms with van der Waals surface area (Å²) in [7, 11) is 1.61. The lowest BCUT2D eigenvalue weighted by Crippen LogP contribution is -2.42. The summed E-state index contributed by atoms with van der Waals surface area (Å²) in [4.78, 5) is 25.9. The van der Waals surface area contributed by atoms with Crippen LogP contribution in [0, 0.1) is 11.7 Å². The molecule has 1 aromatic heterocycles. The Hall–Kier alpha value is -2.68. The molecule has 1 saturated heterocycles. The fraction of sp³-hybridized carbons (Fsp3) is 0.625. The van der Waals surface area contributed by atoms with Crippen LogP contribution in [0.3, 0.4) is 0 Å². The third kappa shape index (κ3) is 5.82. The van der Waals surface area contributed by atoms with Gasteiger partial charge in [-0.25, -0.2) is 9.18 Å². The number of nitrogens with zero attached hydrogens (tertiary/aromatic N) is 3. The number of amides is 1. The molecule has 2 aromatic rings. The minimum absolute atomic E-state index is 0.0103. The number of ether oxygens (including phenoxy) is 1. The van der Waals surface area contributed by atoms with Crippen molar-refractivity contribution in [2.45, 2.75) is 71.9 Å². The van der Waals surface area contributed by atoms with Gasteiger partial charge in [-0.3, -0.25) is 9.36 Å². The first kappa shape index (κ1) is 25.0. The van der Waals surface area contributed by atoms with Crippen molar-refractivity contribution in [1.82, 2.24) is 25.0 Å². The number of hydrogen-bond acceptors (Lipinski definition) is 5. The van der Waals surface area contributed by atoms with Crippen molar-refractivity contribution in [3.05, 3.63) is 39.8 Å². The average molecular weight is 462 g/mol. The highest BCUT2D eigenvalue weighted by atomic mass is 19.1. The zero-order valence-corrected chi connectivity index (χ0v) is 20.4. The van der Waals surface area contributed by atoms with Gasteiger partial charge in [0.2, 0.25) is 0 Å². The number of aromatic nitrogens is 3. The Kier molecular flexibility index (Phi) is 7.94. The predicted molar refractivity (Wildman–Crippen MR) is 126 cm³/mol. The molecule has 0 bridgehead atoms. The second-order valence-corrected chi connectivity index (χ2v) is 9.62. The summed E-state index contributed by atoms with van der Waals surface area (Å²) >= 11 is 0. The molecule has 1 unspecified atom stereocenters. The Labute approximate surface area is 194 Å². The van der Waals surface area contributed by atoms with Crippen molar-refractivity contribution in [1.29, 1.82) is 0 Å². The van der Waals surface area contributed by atoms with Crippen LogP contribution < -0.4 is 21.1 Å². The van der Waals surface area contributed by atoms with E-state index in [1.165, 1.54) is 10.6 Å². The van der Waals surface area contributed by atoms with E-state index in [0.717, 1.165) is 43.1 Å². The van der Waals surface area contributed by atoms with Crippen LogP contribution in [0.4, 0.5) is 4.39 Å². The van der Waals surface area contributed by atoms with Gasteiger partial charge in [0.1, 0.15) is 23.1 Å². The lowest BCUT2D eigenvalue weighted by Gasteiger charge is -2.25. The Bertz CT molecular complexity index is 1040. The third-order valence-corrected chi connectivity index (χ3v) is 5.86. The van der Waals surface area contributed by atoms with Crippen LogP contribution in [-0.4, -0.2) is 45.5 Å². The summed E-state index contributed by atoms with van der Waals surface area (Å²) in [6.45, 7) is 11.6. The fourth-order valence-electron chi connectivity index (χ4n) is 4.25. The van der Waals surface area contributed by atoms with Gasteiger partial charge >= 0.3 is 5.69 Å². The van der Waals surface area contributed by atoms with Crippen LogP contribution in [0.5, 0.6) is 5.75 Å². The molecule has 1 aromatic carbocycles. The van der Waals surface area contributed by atoms with E-state index in [1.54, 1.807) is 7.05 Å². The van der Waals surface area contributed by atoms with Crippen molar-refractivity contribution in [3.63, 3.8) is 0 Å². The summed E-state index contributed by atoms with van der Waals surface area (Å²) in [6.07, 6.45) is 2.20. The van der Waals surface area contributed by atoms with Gasteiger partial charge in [-0.1, -0.05) is 27.7 Å². The maximum Gasteiger partial charge on any atom is 0.350 e. The van der Waals surface area contributed by atoms with Crippen LogP contribution in [0.2, 0.25) is 0 Å². The lowest BCUT2D eigenvalue weighted by atomic mass is 10.0. The van der Waals surface area contributed by atoms with Crippen molar-refractivity contribution in [2.75, 3.05) is 13.1 Å². The van der Waals surface area contributed by atoms with Crippen LogP contribution in [-0.2, 0) is 7.05 Å². The molecule has 0 spiro atoms. The Balaban J connectivity index is 2.03. The smallest absolute Gasteiger partial charge is 0.350 e. The minimum Gasteiger partial charge on any atom is -0.490 e. The van der Waals surface area contributed by atoms with E-state index in [2.05, 4.69) is 29.6 Å². The standard InChI is InChI=1S/C24H36FN5O3/c1-14(2)11-16(5)33-21-13-20(30-24(32)29(6)22(28-30)15(3)4)19(25)12-18(21)23(31)27-17-7-9-26-10-8-17/h12-17,26H,7-11H2,1-6H3,(H,27,31). The van der Waals surface area contributed by atoms with Gasteiger partial charge in [0.15, 0.2) is 0 Å². The molecule has 0 aliphatic carbocycles. The van der Waals surface area contributed by atoms with E-state index in [-0.39, 0.29) is 41.0 Å². The monoisotopic (exact) mass is 461 g/mol. The lowest BCUT2D eigenvalue weighted by molar-refractivity contribution is 0.0921. The molecule has 0 radical (unpaired) electrons. The maximum absolute atomic E-state index is 15.3. The molecule has 1 fully saturated rings. The van der Waals surface area contributed by atoms with Crippen LogP contribution in [0.25, 0.3) is 5.69 Å². The summed E-state index contributed by atoms with van der Waals surface area (Å²) in [5.41, 5.74) is -0.364. The Morgan fingerprint density at radius 1 is 1.24 bits per heavy atom. The molecule has 33 heavy (non-hydrogen) atoms. The molecule has 1 aliphatic rings. The number of carbonyl (C=O) groups excluding carboxylic acids is 1. The summed E-state index contributed by atoms with van der Waals surface area (Å²) in [5, 5.41) is 10.6. The largest absolute Gasteiger partial charge is 0.490 e. The molecule has 3 rings (SSSR count). The highest BCUT2D eigenvalue weighted by Crippen LogP contribution is 2.28. The number of halogens is 1. The van der Waals surface area contributed by atoms with E-state index >= 15 is 4.39 Å². The number of nitrogens with one attached hydrogen (secondary N) is 2. The van der Waals surface area contributed by atoms with Crippen molar-refractivity contribution >= 4 is 5.91 Å². The molecule has 2 N–H and O–H groups in total. The average Bonchev–Trinajstić information content (AvgIpc) is 3.04. The molecule has 9 heteroatoms. The van der Waals surface area contributed by atoms with Gasteiger partial charge in [0.25, 0.3) is 5.91 Å². The van der Waals surface area contributed by atoms with Crippen LogP contribution >= 0.6 is 0 Å². The Morgan fingerprint density at radius 3 is 2.48 bits per heavy atom. The molecule has 1 amide bonds. The molecule has 1 aliphatic heterocycles. The summed E-state index contributed by atoms with van der Waals surface area (Å²) in [5.74, 6) is 0.0837. The number of benzene rings is 1. The first-order valence-electron chi connectivity index (χ1n) is 11.8. The number of piperidine rings is 1. The van der Waals surface area contributed by atoms with Crippen LogP contribution in [0.1, 0.15) is 76.0 Å². The maximum atomic E-state index is 15.3. The van der Waals surface area contributed by atoms with Gasteiger partial charge in [-0.15, -0.1) is 5.10 Å². The van der Waals surface area contributed by atoms with E-state index < -0.39 is 11.5 Å². The zero-order chi connectivity index (χ0) is 24.3. The van der Waals surface area contributed by atoms with Crippen molar-refractivity contribution in [2.24, 2.45) is 13.0 Å². The zero-order valence-electron chi connectivity index (χ0n) is 20.4. The van der Waals surface area contributed by atoms with Crippen molar-refractivity contribution in [3.8, 4) is 11.4 Å². The second-order valence-electron chi connectivity index (χ2n) is 9.62. The second kappa shape index (κ2) is 10.5. The third-order valence-electron chi connectivity index (χ3n) is 5.86. The van der Waals surface area contributed by atoms with Gasteiger partial charge in [-0.2, -0.15) is 4.68 Å². The van der Waals surface area contributed by atoms with E-state index in [4.69, 9.17) is 4.74 Å². The number of carbonyl (C=O) groups is 1. The van der Waals surface area contributed by atoms with Gasteiger partial charge in [-0.05, 0) is 51.3 Å². The topological polar surface area (TPSA) is 90.2 Å². The molecule has 182 valence electrons. The van der Waals surface area contributed by atoms with Crippen LogP contribution in [0.15, 0.2) is 16.9 Å². The molecular weight excluding hydrogens is 425 g/mol. The number of hydrogen-bond donors (Lipinski definition) is 2. The van der Waals surface area contributed by atoms with E-state index in [1.807, 2.05) is 20.8 Å². The quantitative estimate of drug-likeness (QED) is 0.630. The molecule has 0 saturated carbocycles. The predicted octanol–water partition coefficient (Wildman–Crippen LogP) is 3.13.